The van der Waals surface area contributed by atoms with Gasteiger partial charge in [-0.25, -0.2) is 18.8 Å². The molecule has 0 aliphatic rings. The van der Waals surface area contributed by atoms with Gasteiger partial charge in [0.1, 0.15) is 40.1 Å². The Balaban J connectivity index is 1.02. The first kappa shape index (κ1) is 53.2. The summed E-state index contributed by atoms with van der Waals surface area (Å²) in [6, 6.07) is 28.1. The number of esters is 3. The summed E-state index contributed by atoms with van der Waals surface area (Å²) in [5, 5.41) is 2.04. The zero-order chi connectivity index (χ0) is 48.9. The Bertz CT molecular complexity index is 2450. The minimum Gasteiger partial charge on any atom is -0.494 e. The van der Waals surface area contributed by atoms with Gasteiger partial charge in [0.05, 0.1) is 50.8 Å². The van der Waals surface area contributed by atoms with Crippen LogP contribution >= 0.6 is 0 Å². The molecule has 0 heterocycles. The lowest BCUT2D eigenvalue weighted by atomic mass is 10.1. The van der Waals surface area contributed by atoms with Crippen LogP contribution < -0.4 is 23.7 Å². The van der Waals surface area contributed by atoms with Crippen LogP contribution in [0.5, 0.6) is 28.7 Å². The van der Waals surface area contributed by atoms with Crippen LogP contribution in [0.4, 0.5) is 4.39 Å². The fourth-order valence-corrected chi connectivity index (χ4v) is 7.15. The second-order valence-corrected chi connectivity index (χ2v) is 16.7. The van der Waals surface area contributed by atoms with Gasteiger partial charge in [0, 0.05) is 17.7 Å². The first-order chi connectivity index (χ1) is 33.8. The maximum absolute atomic E-state index is 14.7. The molecule has 5 aromatic rings. The van der Waals surface area contributed by atoms with E-state index in [9.17, 15) is 18.8 Å². The SMILES string of the molecule is C=CC(=O)OCCCCCCOc1ccc(C(=O)Oc2ccc(OCCCCCCOc3ccc4cc(C#Cc5ccc(OCCCCCC)cc5F)ccc4c3)c(C(=O)OCCCCC)c2)cc1. The number of carbonyl (C=O) groups excluding carboxylic acids is 3. The fraction of sp³-hybridized carbons (Fsp3) is 0.397. The highest BCUT2D eigenvalue weighted by molar-refractivity contribution is 5.94. The van der Waals surface area contributed by atoms with E-state index in [0.29, 0.717) is 61.4 Å². The maximum Gasteiger partial charge on any atom is 0.343 e. The molecule has 0 aliphatic carbocycles. The number of carbonyl (C=O) groups is 3. The van der Waals surface area contributed by atoms with Gasteiger partial charge in [-0.05, 0) is 154 Å². The van der Waals surface area contributed by atoms with Gasteiger partial charge in [-0.1, -0.05) is 76.5 Å². The summed E-state index contributed by atoms with van der Waals surface area (Å²) in [6.07, 6.45) is 15.2. The normalized spacial score (nSPS) is 10.7. The van der Waals surface area contributed by atoms with Gasteiger partial charge in [0.15, 0.2) is 0 Å². The first-order valence-corrected chi connectivity index (χ1v) is 24.6. The van der Waals surface area contributed by atoms with Gasteiger partial charge < -0.3 is 33.2 Å². The van der Waals surface area contributed by atoms with E-state index in [1.807, 2.05) is 36.4 Å². The lowest BCUT2D eigenvalue weighted by molar-refractivity contribution is -0.137. The molecule has 0 aromatic heterocycles. The van der Waals surface area contributed by atoms with Crippen LogP contribution in [0, 0.1) is 17.7 Å². The number of benzene rings is 5. The molecular formula is C58H67FO10. The van der Waals surface area contributed by atoms with Gasteiger partial charge in [-0.2, -0.15) is 0 Å². The van der Waals surface area contributed by atoms with Crippen molar-refractivity contribution in [3.8, 4) is 40.6 Å². The minimum absolute atomic E-state index is 0.196. The minimum atomic E-state index is -0.577. The fourth-order valence-electron chi connectivity index (χ4n) is 7.15. The smallest absolute Gasteiger partial charge is 0.343 e. The monoisotopic (exact) mass is 942 g/mol. The number of fused-ring (bicyclic) bond motifs is 1. The third-order valence-corrected chi connectivity index (χ3v) is 11.1. The molecule has 69 heavy (non-hydrogen) atoms. The van der Waals surface area contributed by atoms with Crippen LogP contribution in [0.1, 0.15) is 142 Å². The van der Waals surface area contributed by atoms with E-state index >= 15 is 0 Å². The standard InChI is InChI=1S/C58H67FO10/c1-4-7-9-15-35-65-51-30-24-45(54(59)43-51)22-20-44-21-23-48-41-50(31-27-47(48)40-44)64-36-17-10-12-18-37-66-55-33-32-52(42-53(55)58(62)68-39-14-8-5-2)69-57(61)46-25-28-49(29-26-46)63-34-16-11-13-19-38-67-56(60)6-3/h6,21,23-33,40-43H,3-5,7-19,34-39H2,1-2H3. The molecule has 0 radical (unpaired) electrons. The van der Waals surface area contributed by atoms with Gasteiger partial charge in [0.25, 0.3) is 0 Å². The second kappa shape index (κ2) is 30.6. The largest absolute Gasteiger partial charge is 0.494 e. The van der Waals surface area contributed by atoms with Crippen molar-refractivity contribution in [2.45, 2.75) is 110 Å². The third kappa shape index (κ3) is 19.4. The molecule has 0 fully saturated rings. The maximum atomic E-state index is 14.7. The van der Waals surface area contributed by atoms with Crippen LogP contribution in [0.15, 0.2) is 110 Å². The van der Waals surface area contributed by atoms with Crippen molar-refractivity contribution in [1.82, 2.24) is 0 Å². The molecule has 366 valence electrons. The summed E-state index contributed by atoms with van der Waals surface area (Å²) in [5.41, 5.74) is 1.65. The number of hydrogen-bond acceptors (Lipinski definition) is 10. The van der Waals surface area contributed by atoms with Crippen molar-refractivity contribution in [3.05, 3.63) is 138 Å². The van der Waals surface area contributed by atoms with Gasteiger partial charge in [0.2, 0.25) is 0 Å². The topological polar surface area (TPSA) is 116 Å². The van der Waals surface area contributed by atoms with Crippen molar-refractivity contribution >= 4 is 28.7 Å². The Kier molecular flexibility index (Phi) is 23.5. The van der Waals surface area contributed by atoms with E-state index in [0.717, 1.165) is 118 Å². The van der Waals surface area contributed by atoms with E-state index in [2.05, 4.69) is 32.3 Å². The number of hydrogen-bond donors (Lipinski definition) is 0. The van der Waals surface area contributed by atoms with Crippen LogP contribution in [0.2, 0.25) is 0 Å². The highest BCUT2D eigenvalue weighted by atomic mass is 19.1. The van der Waals surface area contributed by atoms with Crippen LogP contribution in [-0.2, 0) is 14.3 Å². The van der Waals surface area contributed by atoms with E-state index < -0.39 is 23.7 Å². The van der Waals surface area contributed by atoms with Gasteiger partial charge >= 0.3 is 17.9 Å². The summed E-state index contributed by atoms with van der Waals surface area (Å²) in [7, 11) is 0. The number of halogens is 1. The van der Waals surface area contributed by atoms with E-state index in [-0.39, 0.29) is 17.9 Å². The van der Waals surface area contributed by atoms with Crippen molar-refractivity contribution < 1.29 is 51.9 Å². The molecule has 0 saturated heterocycles. The van der Waals surface area contributed by atoms with Crippen LogP contribution in [0.3, 0.4) is 0 Å². The Morgan fingerprint density at radius 2 is 1.04 bits per heavy atom. The van der Waals surface area contributed by atoms with Gasteiger partial charge in [-0.15, -0.1) is 0 Å². The van der Waals surface area contributed by atoms with Crippen LogP contribution in [-0.4, -0.2) is 57.5 Å². The Morgan fingerprint density at radius 3 is 1.72 bits per heavy atom. The number of unbranched alkanes of at least 4 members (excludes halogenated alkanes) is 11. The second-order valence-electron chi connectivity index (χ2n) is 16.7. The average molecular weight is 943 g/mol. The molecule has 0 bridgehead atoms. The molecule has 5 aromatic carbocycles. The quantitative estimate of drug-likeness (QED) is 0.0140. The Labute approximate surface area is 407 Å². The molecule has 0 spiro atoms. The molecule has 5 rings (SSSR count). The molecule has 0 atom stereocenters. The lowest BCUT2D eigenvalue weighted by Crippen LogP contribution is -2.12. The zero-order valence-electron chi connectivity index (χ0n) is 40.3. The summed E-state index contributed by atoms with van der Waals surface area (Å²) in [4.78, 5) is 37.4. The molecule has 10 nitrogen and oxygen atoms in total. The molecule has 0 unspecified atom stereocenters. The van der Waals surface area contributed by atoms with Crippen molar-refractivity contribution in [2.75, 3.05) is 39.6 Å². The van der Waals surface area contributed by atoms with Crippen molar-refractivity contribution in [2.24, 2.45) is 0 Å². The zero-order valence-corrected chi connectivity index (χ0v) is 40.3. The first-order valence-electron chi connectivity index (χ1n) is 24.6. The average Bonchev–Trinajstić information content (AvgIpc) is 3.36. The molecule has 0 amide bonds. The number of ether oxygens (including phenoxy) is 7. The summed E-state index contributed by atoms with van der Waals surface area (Å²) in [6.45, 7) is 10.3. The summed E-state index contributed by atoms with van der Waals surface area (Å²) in [5.74, 6) is 6.64. The number of rotatable bonds is 31. The van der Waals surface area contributed by atoms with E-state index in [1.54, 1.807) is 48.5 Å². The Morgan fingerprint density at radius 1 is 0.507 bits per heavy atom. The van der Waals surface area contributed by atoms with E-state index in [4.69, 9.17) is 33.2 Å². The molecule has 0 saturated carbocycles. The van der Waals surface area contributed by atoms with E-state index in [1.165, 1.54) is 18.6 Å². The third-order valence-electron chi connectivity index (χ3n) is 11.1. The highest BCUT2D eigenvalue weighted by Gasteiger charge is 2.18. The Hall–Kier alpha value is -6.80. The van der Waals surface area contributed by atoms with Crippen LogP contribution in [0.25, 0.3) is 10.8 Å². The predicted molar refractivity (Wildman–Crippen MR) is 268 cm³/mol. The summed E-state index contributed by atoms with van der Waals surface area (Å²) >= 11 is 0. The molecular weight excluding hydrogens is 876 g/mol. The highest BCUT2D eigenvalue weighted by Crippen LogP contribution is 2.28. The van der Waals surface area contributed by atoms with Crippen molar-refractivity contribution in [1.29, 1.82) is 0 Å². The molecule has 0 N–H and O–H groups in total. The molecule has 0 aliphatic heterocycles. The predicted octanol–water partition coefficient (Wildman–Crippen LogP) is 13.6. The molecule has 11 heteroatoms. The lowest BCUT2D eigenvalue weighted by Gasteiger charge is -2.13. The van der Waals surface area contributed by atoms with Gasteiger partial charge in [-0.3, -0.25) is 0 Å². The summed E-state index contributed by atoms with van der Waals surface area (Å²) < 4.78 is 54.6. The van der Waals surface area contributed by atoms with Crippen molar-refractivity contribution in [3.63, 3.8) is 0 Å².